The van der Waals surface area contributed by atoms with E-state index in [9.17, 15) is 4.79 Å². The Kier molecular flexibility index (Phi) is 3.16. The van der Waals surface area contributed by atoms with Gasteiger partial charge in [-0.25, -0.2) is 0 Å². The number of aryl methyl sites for hydroxylation is 1. The highest BCUT2D eigenvalue weighted by molar-refractivity contribution is 7.15. The minimum Gasteiger partial charge on any atom is -0.385 e. The van der Waals surface area contributed by atoms with Gasteiger partial charge in [0.1, 0.15) is 5.01 Å². The Morgan fingerprint density at radius 1 is 1.42 bits per heavy atom. The van der Waals surface area contributed by atoms with E-state index in [2.05, 4.69) is 20.8 Å². The minimum absolute atomic E-state index is 0.114. The van der Waals surface area contributed by atoms with Gasteiger partial charge in [-0.1, -0.05) is 17.4 Å². The lowest BCUT2D eigenvalue weighted by Gasteiger charge is -2.20. The maximum absolute atomic E-state index is 12.3. The number of rotatable bonds is 2. The number of fused-ring (bicyclic) bond motifs is 1. The van der Waals surface area contributed by atoms with Gasteiger partial charge in [-0.3, -0.25) is 10.1 Å². The maximum Gasteiger partial charge on any atom is 0.257 e. The van der Waals surface area contributed by atoms with Crippen LogP contribution in [0.3, 0.4) is 0 Å². The summed E-state index contributed by atoms with van der Waals surface area (Å²) in [5.74, 6) is -0.114. The molecule has 0 aliphatic carbocycles. The van der Waals surface area contributed by atoms with Crippen LogP contribution in [0.15, 0.2) is 18.2 Å². The molecular formula is C13H14N4OS. The number of benzene rings is 1. The molecule has 1 aliphatic heterocycles. The molecule has 0 bridgehead atoms. The molecule has 0 radical (unpaired) electrons. The summed E-state index contributed by atoms with van der Waals surface area (Å²) in [4.78, 5) is 12.3. The molecule has 1 aromatic heterocycles. The van der Waals surface area contributed by atoms with Crippen LogP contribution in [0.25, 0.3) is 0 Å². The Labute approximate surface area is 115 Å². The highest BCUT2D eigenvalue weighted by Gasteiger charge is 2.18. The first-order valence-electron chi connectivity index (χ1n) is 6.21. The van der Waals surface area contributed by atoms with Gasteiger partial charge in [-0.05, 0) is 37.5 Å². The number of hydrogen-bond donors (Lipinski definition) is 2. The van der Waals surface area contributed by atoms with E-state index in [4.69, 9.17) is 0 Å². The first-order valence-corrected chi connectivity index (χ1v) is 7.03. The van der Waals surface area contributed by atoms with Crippen LogP contribution in [-0.2, 0) is 6.42 Å². The van der Waals surface area contributed by atoms with Crippen molar-refractivity contribution in [2.45, 2.75) is 19.8 Å². The quantitative estimate of drug-likeness (QED) is 0.882. The Morgan fingerprint density at radius 3 is 3.11 bits per heavy atom. The predicted octanol–water partition coefficient (Wildman–Crippen LogP) is 2.46. The summed E-state index contributed by atoms with van der Waals surface area (Å²) in [5, 5.41) is 15.3. The fourth-order valence-corrected chi connectivity index (χ4v) is 2.82. The number of nitrogens with zero attached hydrogens (tertiary/aromatic N) is 2. The normalized spacial score (nSPS) is 13.5. The van der Waals surface area contributed by atoms with Crippen LogP contribution in [0, 0.1) is 6.92 Å². The second kappa shape index (κ2) is 4.97. The summed E-state index contributed by atoms with van der Waals surface area (Å²) in [7, 11) is 0. The minimum atomic E-state index is -0.114. The number of amides is 1. The lowest BCUT2D eigenvalue weighted by Crippen LogP contribution is -2.19. The van der Waals surface area contributed by atoms with Crippen molar-refractivity contribution in [3.63, 3.8) is 0 Å². The molecule has 1 aliphatic rings. The lowest BCUT2D eigenvalue weighted by atomic mass is 9.97. The Balaban J connectivity index is 1.87. The summed E-state index contributed by atoms with van der Waals surface area (Å²) in [6, 6.07) is 5.77. The summed E-state index contributed by atoms with van der Waals surface area (Å²) in [6.45, 7) is 2.83. The van der Waals surface area contributed by atoms with Gasteiger partial charge < -0.3 is 5.32 Å². The van der Waals surface area contributed by atoms with Crippen molar-refractivity contribution in [1.29, 1.82) is 0 Å². The van der Waals surface area contributed by atoms with E-state index in [-0.39, 0.29) is 5.91 Å². The molecular weight excluding hydrogens is 260 g/mol. The Bertz CT molecular complexity index is 623. The lowest BCUT2D eigenvalue weighted by molar-refractivity contribution is 0.102. The monoisotopic (exact) mass is 274 g/mol. The van der Waals surface area contributed by atoms with Crippen molar-refractivity contribution in [2.24, 2.45) is 0 Å². The van der Waals surface area contributed by atoms with Gasteiger partial charge in [0, 0.05) is 17.8 Å². The number of nitrogens with one attached hydrogen (secondary N) is 2. The second-order valence-corrected chi connectivity index (χ2v) is 5.62. The van der Waals surface area contributed by atoms with E-state index in [0.29, 0.717) is 5.13 Å². The van der Waals surface area contributed by atoms with Crippen LogP contribution < -0.4 is 10.6 Å². The van der Waals surface area contributed by atoms with E-state index in [1.165, 1.54) is 11.3 Å². The van der Waals surface area contributed by atoms with Crippen LogP contribution in [0.4, 0.5) is 10.8 Å². The van der Waals surface area contributed by atoms with Crippen molar-refractivity contribution in [1.82, 2.24) is 10.2 Å². The molecule has 19 heavy (non-hydrogen) atoms. The third-order valence-electron chi connectivity index (χ3n) is 3.09. The van der Waals surface area contributed by atoms with E-state index < -0.39 is 0 Å². The van der Waals surface area contributed by atoms with Crippen LogP contribution >= 0.6 is 11.3 Å². The largest absolute Gasteiger partial charge is 0.385 e. The molecule has 0 saturated heterocycles. The molecule has 1 aromatic carbocycles. The summed E-state index contributed by atoms with van der Waals surface area (Å²) >= 11 is 1.38. The number of anilines is 2. The molecule has 6 heteroatoms. The number of carbonyl (C=O) groups excluding carboxylic acids is 1. The molecule has 0 unspecified atom stereocenters. The molecule has 0 atom stereocenters. The van der Waals surface area contributed by atoms with Crippen molar-refractivity contribution in [3.8, 4) is 0 Å². The van der Waals surface area contributed by atoms with Crippen molar-refractivity contribution in [2.75, 3.05) is 17.2 Å². The Hall–Kier alpha value is -1.95. The van der Waals surface area contributed by atoms with Gasteiger partial charge in [-0.2, -0.15) is 0 Å². The van der Waals surface area contributed by atoms with Gasteiger partial charge >= 0.3 is 0 Å². The van der Waals surface area contributed by atoms with Crippen molar-refractivity contribution >= 4 is 28.1 Å². The standard InChI is InChI=1S/C13H14N4OS/c1-8-16-17-13(19-8)15-12(18)10-4-2-6-11-9(10)5-3-7-14-11/h2,4,6,14H,3,5,7H2,1H3,(H,15,17,18). The smallest absolute Gasteiger partial charge is 0.257 e. The zero-order valence-corrected chi connectivity index (χ0v) is 11.4. The van der Waals surface area contributed by atoms with Gasteiger partial charge in [0.2, 0.25) is 5.13 Å². The highest BCUT2D eigenvalue weighted by atomic mass is 32.1. The Morgan fingerprint density at radius 2 is 2.32 bits per heavy atom. The third kappa shape index (κ3) is 2.44. The molecule has 2 aromatic rings. The second-order valence-electron chi connectivity index (χ2n) is 4.44. The van der Waals surface area contributed by atoms with E-state index in [1.54, 1.807) is 0 Å². The van der Waals surface area contributed by atoms with E-state index in [1.807, 2.05) is 25.1 Å². The third-order valence-corrected chi connectivity index (χ3v) is 3.84. The average molecular weight is 274 g/mol. The van der Waals surface area contributed by atoms with Crippen LogP contribution in [-0.4, -0.2) is 22.6 Å². The molecule has 2 heterocycles. The zero-order chi connectivity index (χ0) is 13.2. The number of aromatic nitrogens is 2. The molecule has 5 nitrogen and oxygen atoms in total. The first-order chi connectivity index (χ1) is 9.24. The van der Waals surface area contributed by atoms with E-state index >= 15 is 0 Å². The van der Waals surface area contributed by atoms with Crippen molar-refractivity contribution in [3.05, 3.63) is 34.3 Å². The molecule has 3 rings (SSSR count). The number of hydrogen-bond acceptors (Lipinski definition) is 5. The highest BCUT2D eigenvalue weighted by Crippen LogP contribution is 2.26. The summed E-state index contributed by atoms with van der Waals surface area (Å²) in [5.41, 5.74) is 2.87. The van der Waals surface area contributed by atoms with Crippen LogP contribution in [0.5, 0.6) is 0 Å². The van der Waals surface area contributed by atoms with Gasteiger partial charge in [0.15, 0.2) is 0 Å². The average Bonchev–Trinajstić information content (AvgIpc) is 2.83. The fourth-order valence-electron chi connectivity index (χ4n) is 2.23. The van der Waals surface area contributed by atoms with Crippen LogP contribution in [0.1, 0.15) is 27.3 Å². The molecule has 0 fully saturated rings. The maximum atomic E-state index is 12.3. The topological polar surface area (TPSA) is 66.9 Å². The first kappa shape index (κ1) is 12.1. The number of carbonyl (C=O) groups is 1. The summed E-state index contributed by atoms with van der Waals surface area (Å²) < 4.78 is 0. The zero-order valence-electron chi connectivity index (χ0n) is 10.6. The fraction of sp³-hybridized carbons (Fsp3) is 0.308. The van der Waals surface area contributed by atoms with Crippen LogP contribution in [0.2, 0.25) is 0 Å². The molecule has 1 amide bonds. The van der Waals surface area contributed by atoms with Gasteiger partial charge in [0.05, 0.1) is 0 Å². The van der Waals surface area contributed by atoms with Crippen molar-refractivity contribution < 1.29 is 4.79 Å². The molecule has 98 valence electrons. The molecule has 0 spiro atoms. The SMILES string of the molecule is Cc1nnc(NC(=O)c2cccc3c2CCCN3)s1. The molecule has 2 N–H and O–H groups in total. The van der Waals surface area contributed by atoms with E-state index in [0.717, 1.165) is 41.2 Å². The van der Waals surface area contributed by atoms with Gasteiger partial charge in [0.25, 0.3) is 5.91 Å². The van der Waals surface area contributed by atoms with Gasteiger partial charge in [-0.15, -0.1) is 10.2 Å². The summed E-state index contributed by atoms with van der Waals surface area (Å²) in [6.07, 6.45) is 1.98. The molecule has 0 saturated carbocycles. The predicted molar refractivity (Wildman–Crippen MR) is 75.9 cm³/mol.